The van der Waals surface area contributed by atoms with Gasteiger partial charge in [-0.2, -0.15) is 0 Å². The van der Waals surface area contributed by atoms with Gasteiger partial charge >= 0.3 is 5.97 Å². The molecule has 23 atom stereocenters. The highest BCUT2D eigenvalue weighted by atomic mass is 16.8. The fourth-order valence-electron chi connectivity index (χ4n) is 15.6. The van der Waals surface area contributed by atoms with E-state index in [1.807, 2.05) is 6.92 Å². The van der Waals surface area contributed by atoms with Gasteiger partial charge in [0.05, 0.1) is 42.3 Å². The van der Waals surface area contributed by atoms with Crippen molar-refractivity contribution in [3.63, 3.8) is 0 Å². The van der Waals surface area contributed by atoms with E-state index in [4.69, 9.17) is 34.2 Å². The van der Waals surface area contributed by atoms with Crippen LogP contribution in [0.1, 0.15) is 138 Å². The summed E-state index contributed by atoms with van der Waals surface area (Å²) in [5.41, 5.74) is 4.22. The number of nitrogens with one attached hydrogen (secondary N) is 1. The number of carbonyl (C=O) groups is 3. The van der Waals surface area contributed by atoms with Crippen LogP contribution in [-0.4, -0.2) is 171 Å². The summed E-state index contributed by atoms with van der Waals surface area (Å²) in [5.74, 6) is -0.967. The van der Waals surface area contributed by atoms with Crippen LogP contribution in [-0.2, 0) is 42.8 Å². The molecule has 0 radical (unpaired) electrons. The van der Waals surface area contributed by atoms with E-state index in [-0.39, 0.29) is 52.4 Å². The maximum atomic E-state index is 15.5. The first-order valence-corrected chi connectivity index (χ1v) is 26.8. The van der Waals surface area contributed by atoms with Crippen LogP contribution in [0.25, 0.3) is 0 Å². The molecule has 0 aromatic rings. The van der Waals surface area contributed by atoms with Gasteiger partial charge in [-0.1, -0.05) is 59.6 Å². The van der Waals surface area contributed by atoms with Crippen LogP contribution in [0.3, 0.4) is 0 Å². The molecule has 7 fully saturated rings. The Labute approximate surface area is 423 Å². The Morgan fingerprint density at radius 2 is 1.49 bits per heavy atom. The quantitative estimate of drug-likeness (QED) is 0.0512. The largest absolute Gasteiger partial charge is 0.432 e. The fraction of sp³-hybridized carbons (Fsp3) is 0.906. The van der Waals surface area contributed by atoms with Crippen molar-refractivity contribution in [3.8, 4) is 0 Å². The Kier molecular flexibility index (Phi) is 16.3. The first kappa shape index (κ1) is 56.0. The van der Waals surface area contributed by atoms with E-state index in [9.17, 15) is 50.4 Å². The number of amides is 1. The summed E-state index contributed by atoms with van der Waals surface area (Å²) in [5, 5.41) is 90.8. The van der Waals surface area contributed by atoms with E-state index in [2.05, 4.69) is 46.0 Å². The molecule has 5 aliphatic carbocycles. The molecule has 0 aromatic heterocycles. The van der Waals surface area contributed by atoms with Crippen LogP contribution >= 0.6 is 0 Å². The van der Waals surface area contributed by atoms with E-state index < -0.39 is 121 Å². The molecule has 0 aromatic carbocycles. The second kappa shape index (κ2) is 21.0. The Morgan fingerprint density at radius 1 is 0.792 bits per heavy atom. The van der Waals surface area contributed by atoms with Crippen molar-refractivity contribution in [2.45, 2.75) is 230 Å². The zero-order valence-corrected chi connectivity index (χ0v) is 43.4. The molecule has 8 rings (SSSR count). The number of aldehydes is 1. The molecule has 3 saturated heterocycles. The molecule has 19 heteroatoms. The summed E-state index contributed by atoms with van der Waals surface area (Å²) in [4.78, 5) is 41.6. The number of aliphatic hydroxyl groups excluding tert-OH is 8. The Bertz CT molecular complexity index is 1990. The number of allylic oxidation sites excluding steroid dienone is 2. The minimum atomic E-state index is -1.89. The van der Waals surface area contributed by atoms with Crippen LogP contribution in [0.2, 0.25) is 0 Å². The summed E-state index contributed by atoms with van der Waals surface area (Å²) in [6, 6.07) is -1.28. The first-order valence-electron chi connectivity index (χ1n) is 26.8. The highest BCUT2D eigenvalue weighted by molar-refractivity contribution is 5.79. The molecule has 8 aliphatic rings. The van der Waals surface area contributed by atoms with Gasteiger partial charge in [-0.15, -0.1) is 0 Å². The molecular weight excluding hydrogens is 937 g/mol. The number of hydrogen-bond acceptors (Lipinski definition) is 18. The van der Waals surface area contributed by atoms with Crippen molar-refractivity contribution < 1.29 is 83.7 Å². The minimum Gasteiger partial charge on any atom is -0.432 e. The number of fused-ring (bicyclic) bond motifs is 7. The van der Waals surface area contributed by atoms with Crippen molar-refractivity contribution in [1.29, 1.82) is 0 Å². The lowest BCUT2D eigenvalue weighted by Crippen LogP contribution is -2.68. The number of esters is 1. The molecule has 4 saturated carbocycles. The van der Waals surface area contributed by atoms with Crippen LogP contribution in [0.5, 0.6) is 0 Å². The van der Waals surface area contributed by atoms with Gasteiger partial charge in [0, 0.05) is 6.42 Å². The third kappa shape index (κ3) is 9.46. The smallest absolute Gasteiger partial charge is 0.315 e. The molecule has 3 heterocycles. The van der Waals surface area contributed by atoms with E-state index in [1.165, 1.54) is 12.5 Å². The number of carbonyl (C=O) groups excluding carboxylic acids is 3. The minimum absolute atomic E-state index is 0.0320. The van der Waals surface area contributed by atoms with Gasteiger partial charge in [0.1, 0.15) is 55.1 Å². The molecule has 1 amide bonds. The lowest BCUT2D eigenvalue weighted by Gasteiger charge is -2.71. The second-order valence-corrected chi connectivity index (χ2v) is 24.9. The first-order chi connectivity index (χ1) is 33.9. The SMILES string of the molecule is CC1O[C@@H](OC2C(O)[C@@H](NC(=O)CCCCCN)C(CO)O[C@H]2OC(=O)[C@]23CCC(C)(C)CC2C2=CCC4C5(C)CC[C@H](O)[C@](C)(C=O)[C@@H]5CC[C@]4(C)[C@]2(C)CC3)C(O)C(O)[C@H]1O[C@@H]1OC[C@@H](O)C(O)C1O. The standard InChI is InChI=1S/C53H86N2O17/c1-27-42(70-44-40(64)37(61)30(58)25-67-44)39(63)41(65)45(68-27)71-43-38(62)36(55-35(60)11-9-8-10-22-54)31(24-56)69-46(43)72-47(66)53-20-18-48(2,3)23-29(53)28-12-13-33-49(4)16-15-34(59)50(5,26-57)32(49)14-17-52(33,7)51(28,6)19-21-53/h12,26-27,29-34,36-46,56,58-59,61-65H,8-11,13-25,54H2,1-7H3,(H,55,60)/t27?,29?,30-,31?,32-,33?,34+,36+,37?,38?,39?,40?,41?,42+,43?,44+,45+,46+,49?,50-,51-,52+,53+/m1/s1. The van der Waals surface area contributed by atoms with Crippen molar-refractivity contribution in [3.05, 3.63) is 11.6 Å². The summed E-state index contributed by atoms with van der Waals surface area (Å²) >= 11 is 0. The predicted molar refractivity (Wildman–Crippen MR) is 257 cm³/mol. The summed E-state index contributed by atoms with van der Waals surface area (Å²) in [6.45, 7) is 14.4. The van der Waals surface area contributed by atoms with Crippen molar-refractivity contribution in [2.24, 2.45) is 56.0 Å². The number of ether oxygens (including phenoxy) is 6. The molecule has 11 N–H and O–H groups in total. The molecule has 0 bridgehead atoms. The lowest BCUT2D eigenvalue weighted by molar-refractivity contribution is -0.369. The van der Waals surface area contributed by atoms with Crippen LogP contribution in [0.15, 0.2) is 11.6 Å². The highest BCUT2D eigenvalue weighted by Gasteiger charge is 2.70. The number of hydrogen-bond donors (Lipinski definition) is 10. The van der Waals surface area contributed by atoms with Crippen molar-refractivity contribution >= 4 is 18.2 Å². The summed E-state index contributed by atoms with van der Waals surface area (Å²) < 4.78 is 36.5. The molecule has 72 heavy (non-hydrogen) atoms. The Hall–Kier alpha value is -2.21. The number of unbranched alkanes of at least 4 members (excludes halogenated alkanes) is 2. The molecular formula is C53H86N2O17. The monoisotopic (exact) mass is 1020 g/mol. The molecule has 11 unspecified atom stereocenters. The highest BCUT2D eigenvalue weighted by Crippen LogP contribution is 2.76. The van der Waals surface area contributed by atoms with E-state index in [0.29, 0.717) is 57.9 Å². The van der Waals surface area contributed by atoms with Gasteiger partial charge < -0.3 is 85.1 Å². The van der Waals surface area contributed by atoms with Gasteiger partial charge in [0.2, 0.25) is 12.2 Å². The van der Waals surface area contributed by atoms with Gasteiger partial charge in [-0.25, -0.2) is 0 Å². The van der Waals surface area contributed by atoms with Gasteiger partial charge in [0.25, 0.3) is 0 Å². The third-order valence-corrected chi connectivity index (χ3v) is 20.3. The van der Waals surface area contributed by atoms with Gasteiger partial charge in [-0.05, 0) is 130 Å². The zero-order valence-electron chi connectivity index (χ0n) is 43.4. The van der Waals surface area contributed by atoms with Crippen molar-refractivity contribution in [2.75, 3.05) is 19.8 Å². The predicted octanol–water partition coefficient (Wildman–Crippen LogP) is 1.63. The van der Waals surface area contributed by atoms with Crippen LogP contribution in [0.4, 0.5) is 0 Å². The number of rotatable bonds is 14. The number of nitrogens with two attached hydrogens (primary N) is 1. The van der Waals surface area contributed by atoms with Crippen LogP contribution in [0, 0.1) is 50.2 Å². The average Bonchev–Trinajstić information content (AvgIpc) is 3.33. The average molecular weight is 1020 g/mol. The molecule has 19 nitrogen and oxygen atoms in total. The van der Waals surface area contributed by atoms with Crippen LogP contribution < -0.4 is 11.1 Å². The molecule has 3 aliphatic heterocycles. The van der Waals surface area contributed by atoms with Gasteiger partial charge in [-0.3, -0.25) is 9.59 Å². The van der Waals surface area contributed by atoms with Crippen molar-refractivity contribution in [1.82, 2.24) is 5.32 Å². The molecule has 0 spiro atoms. The number of aliphatic hydroxyl groups is 8. The Morgan fingerprint density at radius 3 is 2.18 bits per heavy atom. The van der Waals surface area contributed by atoms with E-state index in [0.717, 1.165) is 38.4 Å². The fourth-order valence-corrected chi connectivity index (χ4v) is 15.6. The van der Waals surface area contributed by atoms with E-state index in [1.54, 1.807) is 0 Å². The summed E-state index contributed by atoms with van der Waals surface area (Å²) in [7, 11) is 0. The maximum absolute atomic E-state index is 15.5. The summed E-state index contributed by atoms with van der Waals surface area (Å²) in [6.07, 6.45) is -8.70. The topological polar surface area (TPSA) is 306 Å². The molecule has 410 valence electrons. The van der Waals surface area contributed by atoms with Gasteiger partial charge in [0.15, 0.2) is 18.7 Å². The maximum Gasteiger partial charge on any atom is 0.315 e. The van der Waals surface area contributed by atoms with E-state index >= 15 is 4.79 Å². The normalized spacial score (nSPS) is 50.0. The lowest BCUT2D eigenvalue weighted by atomic mass is 9.33. The second-order valence-electron chi connectivity index (χ2n) is 24.9. The Balaban J connectivity index is 1.08. The zero-order chi connectivity index (χ0) is 52.5. The third-order valence-electron chi connectivity index (χ3n) is 20.3.